The van der Waals surface area contributed by atoms with Crippen LogP contribution in [0.4, 0.5) is 5.69 Å². The smallest absolute Gasteiger partial charge is 0.234 e. The highest BCUT2D eigenvalue weighted by Gasteiger charge is 2.12. The molecule has 0 radical (unpaired) electrons. The number of halogens is 1. The number of amides is 1. The highest BCUT2D eigenvalue weighted by Crippen LogP contribution is 2.34. The fourth-order valence-electron chi connectivity index (χ4n) is 2.15. The molecule has 4 nitrogen and oxygen atoms in total. The maximum Gasteiger partial charge on any atom is 0.234 e. The average Bonchev–Trinajstić information content (AvgIpc) is 2.63. The molecule has 0 aliphatic rings. The van der Waals surface area contributed by atoms with Gasteiger partial charge in [0.25, 0.3) is 0 Å². The summed E-state index contributed by atoms with van der Waals surface area (Å²) >= 11 is 8.85. The Balaban J connectivity index is 1.65. The van der Waals surface area contributed by atoms with Gasteiger partial charge in [-0.15, -0.1) is 0 Å². The Morgan fingerprint density at radius 1 is 1.08 bits per heavy atom. The minimum atomic E-state index is -0.116. The van der Waals surface area contributed by atoms with Gasteiger partial charge >= 0.3 is 0 Å². The van der Waals surface area contributed by atoms with Crippen LogP contribution < -0.4 is 5.32 Å². The van der Waals surface area contributed by atoms with Crippen molar-refractivity contribution in [3.63, 3.8) is 0 Å². The zero-order valence-electron chi connectivity index (χ0n) is 14.0. The second kappa shape index (κ2) is 9.07. The van der Waals surface area contributed by atoms with Crippen LogP contribution in [0.5, 0.6) is 0 Å². The molecule has 0 saturated carbocycles. The molecule has 26 heavy (non-hydrogen) atoms. The van der Waals surface area contributed by atoms with E-state index in [4.69, 9.17) is 11.6 Å². The molecule has 0 saturated heterocycles. The van der Waals surface area contributed by atoms with E-state index in [1.54, 1.807) is 48.4 Å². The lowest BCUT2D eigenvalue weighted by Crippen LogP contribution is -2.14. The van der Waals surface area contributed by atoms with Crippen LogP contribution in [0.2, 0.25) is 5.02 Å². The molecule has 0 spiro atoms. The second-order valence-corrected chi connectivity index (χ2v) is 7.81. The number of aryl methyl sites for hydroxylation is 1. The number of nitrogens with one attached hydrogen (secondary N) is 1. The minimum Gasteiger partial charge on any atom is -0.325 e. The molecule has 1 aromatic heterocycles. The molecule has 0 atom stereocenters. The first-order valence-corrected chi connectivity index (χ1v) is 10.0. The summed E-state index contributed by atoms with van der Waals surface area (Å²) in [6.45, 7) is 2.06. The summed E-state index contributed by atoms with van der Waals surface area (Å²) < 4.78 is 0. The third kappa shape index (κ3) is 5.24. The molecule has 0 aliphatic carbocycles. The van der Waals surface area contributed by atoms with Gasteiger partial charge in [-0.25, -0.2) is 9.97 Å². The molecule has 3 rings (SSSR count). The minimum absolute atomic E-state index is 0.116. The van der Waals surface area contributed by atoms with E-state index < -0.39 is 0 Å². The summed E-state index contributed by atoms with van der Waals surface area (Å²) in [5.41, 5.74) is 1.86. The summed E-state index contributed by atoms with van der Waals surface area (Å²) in [7, 11) is 0. The molecular formula is C19H16ClN3OS2. The van der Waals surface area contributed by atoms with E-state index >= 15 is 0 Å². The number of carbonyl (C=O) groups is 1. The van der Waals surface area contributed by atoms with Gasteiger partial charge in [-0.3, -0.25) is 4.79 Å². The molecular weight excluding hydrogens is 386 g/mol. The topological polar surface area (TPSA) is 54.9 Å². The van der Waals surface area contributed by atoms with E-state index in [1.165, 1.54) is 17.3 Å². The lowest BCUT2D eigenvalue weighted by Gasteiger charge is -2.09. The van der Waals surface area contributed by atoms with Crippen molar-refractivity contribution in [3.8, 4) is 0 Å². The van der Waals surface area contributed by atoms with Crippen molar-refractivity contribution in [1.29, 1.82) is 0 Å². The molecule has 7 heteroatoms. The maximum absolute atomic E-state index is 12.2. The number of hydrogen-bond donors (Lipinski definition) is 1. The van der Waals surface area contributed by atoms with Crippen LogP contribution in [0.1, 0.15) is 5.56 Å². The first-order chi connectivity index (χ1) is 12.6. The van der Waals surface area contributed by atoms with Crippen molar-refractivity contribution in [3.05, 3.63) is 71.5 Å². The molecule has 1 N–H and O–H groups in total. The van der Waals surface area contributed by atoms with Crippen LogP contribution in [-0.4, -0.2) is 21.6 Å². The standard InChI is InChI=1S/C19H16ClN3OS2/c1-13-5-2-3-8-16(13)26-19-18(21-9-10-22-19)25-12-17(24)23-15-7-4-6-14(20)11-15/h2-11H,12H2,1H3,(H,23,24). The first kappa shape index (κ1) is 18.8. The SMILES string of the molecule is Cc1ccccc1Sc1nccnc1SCC(=O)Nc1cccc(Cl)c1. The fraction of sp³-hybridized carbons (Fsp3) is 0.105. The highest BCUT2D eigenvalue weighted by molar-refractivity contribution is 8.02. The lowest BCUT2D eigenvalue weighted by atomic mass is 10.2. The Morgan fingerprint density at radius 3 is 2.62 bits per heavy atom. The second-order valence-electron chi connectivity index (χ2n) is 5.38. The van der Waals surface area contributed by atoms with Crippen LogP contribution in [0.3, 0.4) is 0 Å². The van der Waals surface area contributed by atoms with Gasteiger partial charge in [0.2, 0.25) is 5.91 Å². The summed E-state index contributed by atoms with van der Waals surface area (Å²) in [6.07, 6.45) is 3.30. The third-order valence-corrected chi connectivity index (χ3v) is 5.89. The van der Waals surface area contributed by atoms with Crippen molar-refractivity contribution in [2.45, 2.75) is 21.9 Å². The number of thioether (sulfide) groups is 1. The van der Waals surface area contributed by atoms with Gasteiger partial charge < -0.3 is 5.32 Å². The summed E-state index contributed by atoms with van der Waals surface area (Å²) in [6, 6.07) is 15.2. The van der Waals surface area contributed by atoms with E-state index in [9.17, 15) is 4.79 Å². The lowest BCUT2D eigenvalue weighted by molar-refractivity contribution is -0.113. The third-order valence-electron chi connectivity index (χ3n) is 3.38. The Bertz CT molecular complexity index is 921. The maximum atomic E-state index is 12.2. The van der Waals surface area contributed by atoms with Gasteiger partial charge in [-0.2, -0.15) is 0 Å². The molecule has 0 aliphatic heterocycles. The van der Waals surface area contributed by atoms with Crippen LogP contribution in [0.25, 0.3) is 0 Å². The number of hydrogen-bond acceptors (Lipinski definition) is 5. The van der Waals surface area contributed by atoms with Gasteiger partial charge in [0.05, 0.1) is 5.75 Å². The number of carbonyl (C=O) groups excluding carboxylic acids is 1. The average molecular weight is 402 g/mol. The number of anilines is 1. The Labute approximate surface area is 165 Å². The quantitative estimate of drug-likeness (QED) is 0.566. The van der Waals surface area contributed by atoms with Crippen molar-refractivity contribution >= 4 is 46.7 Å². The zero-order chi connectivity index (χ0) is 18.4. The molecule has 0 fully saturated rings. The van der Waals surface area contributed by atoms with Crippen molar-refractivity contribution < 1.29 is 4.79 Å². The first-order valence-electron chi connectivity index (χ1n) is 7.84. The summed E-state index contributed by atoms with van der Waals surface area (Å²) in [5.74, 6) is 0.127. The predicted molar refractivity (Wildman–Crippen MR) is 108 cm³/mol. The fourth-order valence-corrected chi connectivity index (χ4v) is 4.13. The number of rotatable bonds is 6. The number of aromatic nitrogens is 2. The zero-order valence-corrected chi connectivity index (χ0v) is 16.4. The number of benzene rings is 2. The molecule has 1 amide bonds. The summed E-state index contributed by atoms with van der Waals surface area (Å²) in [4.78, 5) is 22.1. The van der Waals surface area contributed by atoms with Gasteiger partial charge in [-0.1, -0.05) is 59.4 Å². The van der Waals surface area contributed by atoms with Gasteiger partial charge in [-0.05, 0) is 36.8 Å². The Hall–Kier alpha value is -2.02. The largest absolute Gasteiger partial charge is 0.325 e. The normalized spacial score (nSPS) is 10.5. The van der Waals surface area contributed by atoms with Crippen molar-refractivity contribution in [2.75, 3.05) is 11.1 Å². The van der Waals surface area contributed by atoms with Crippen LogP contribution in [-0.2, 0) is 4.79 Å². The van der Waals surface area contributed by atoms with Gasteiger partial charge in [0.1, 0.15) is 10.1 Å². The molecule has 0 bridgehead atoms. The van der Waals surface area contributed by atoms with Crippen molar-refractivity contribution in [2.24, 2.45) is 0 Å². The van der Waals surface area contributed by atoms with Crippen LogP contribution in [0, 0.1) is 6.92 Å². The molecule has 0 unspecified atom stereocenters. The van der Waals surface area contributed by atoms with E-state index in [-0.39, 0.29) is 11.7 Å². The van der Waals surface area contributed by atoms with Crippen LogP contribution in [0.15, 0.2) is 75.9 Å². The predicted octanol–water partition coefficient (Wildman–Crippen LogP) is 5.32. The van der Waals surface area contributed by atoms with Crippen LogP contribution >= 0.6 is 35.1 Å². The van der Waals surface area contributed by atoms with Crippen molar-refractivity contribution in [1.82, 2.24) is 9.97 Å². The van der Waals surface area contributed by atoms with E-state index in [0.29, 0.717) is 10.7 Å². The van der Waals surface area contributed by atoms with Gasteiger partial charge in [0.15, 0.2) is 0 Å². The monoisotopic (exact) mass is 401 g/mol. The molecule has 3 aromatic rings. The van der Waals surface area contributed by atoms with E-state index in [0.717, 1.165) is 14.9 Å². The molecule has 2 aromatic carbocycles. The van der Waals surface area contributed by atoms with E-state index in [1.807, 2.05) is 12.1 Å². The molecule has 132 valence electrons. The van der Waals surface area contributed by atoms with Gasteiger partial charge in [0, 0.05) is 28.0 Å². The number of nitrogens with zero attached hydrogens (tertiary/aromatic N) is 2. The Kier molecular flexibility index (Phi) is 6.55. The highest BCUT2D eigenvalue weighted by atomic mass is 35.5. The molecule has 1 heterocycles. The summed E-state index contributed by atoms with van der Waals surface area (Å²) in [5, 5.41) is 4.95. The Morgan fingerprint density at radius 2 is 1.85 bits per heavy atom. The van der Waals surface area contributed by atoms with E-state index in [2.05, 4.69) is 34.3 Å².